The fraction of sp³-hybridized carbons (Fsp3) is 0.167. The molecule has 1 aliphatic heterocycles. The molecule has 0 bridgehead atoms. The molecular weight excluding hydrogens is 358 g/mol. The summed E-state index contributed by atoms with van der Waals surface area (Å²) >= 11 is 7.64. The number of hydrogen-bond donors (Lipinski definition) is 1. The van der Waals surface area contributed by atoms with Crippen LogP contribution in [0.4, 0.5) is 10.8 Å². The number of para-hydroxylation sites is 1. The predicted octanol–water partition coefficient (Wildman–Crippen LogP) is 4.33. The number of aromatic nitrogens is 1. The molecular formula is C18H14ClN3O2S. The summed E-state index contributed by atoms with van der Waals surface area (Å²) in [7, 11) is 0. The number of rotatable bonds is 3. The summed E-state index contributed by atoms with van der Waals surface area (Å²) in [4.78, 5) is 30.6. The zero-order valence-electron chi connectivity index (χ0n) is 13.2. The number of hydrogen-bond acceptors (Lipinski definition) is 4. The minimum Gasteiger partial charge on any atom is -0.311 e. The summed E-state index contributed by atoms with van der Waals surface area (Å²) in [5.74, 6) is -0.241. The normalized spacial score (nSPS) is 14.3. The van der Waals surface area contributed by atoms with E-state index in [-0.39, 0.29) is 11.8 Å². The third-order valence-corrected chi connectivity index (χ3v) is 5.36. The lowest BCUT2D eigenvalue weighted by Gasteiger charge is -2.18. The number of nitrogens with zero attached hydrogens (tertiary/aromatic N) is 2. The maximum Gasteiger partial charge on any atom is 0.257 e. The van der Waals surface area contributed by atoms with Crippen LogP contribution in [-0.2, 0) is 4.79 Å². The summed E-state index contributed by atoms with van der Waals surface area (Å²) in [5, 5.41) is 3.82. The molecule has 126 valence electrons. The van der Waals surface area contributed by atoms with E-state index in [0.29, 0.717) is 34.4 Å². The van der Waals surface area contributed by atoms with Crippen LogP contribution in [0.25, 0.3) is 10.2 Å². The minimum atomic E-state index is -0.274. The Labute approximate surface area is 153 Å². The summed E-state index contributed by atoms with van der Waals surface area (Å²) in [5.41, 5.74) is 1.88. The third kappa shape index (κ3) is 3.10. The Hall–Kier alpha value is -2.44. The van der Waals surface area contributed by atoms with Gasteiger partial charge in [-0.2, -0.15) is 0 Å². The van der Waals surface area contributed by atoms with Crippen molar-refractivity contribution in [2.45, 2.75) is 12.8 Å². The van der Waals surface area contributed by atoms with Crippen LogP contribution in [0, 0.1) is 0 Å². The van der Waals surface area contributed by atoms with Gasteiger partial charge in [0.25, 0.3) is 5.91 Å². The first-order valence-corrected chi connectivity index (χ1v) is 9.08. The number of nitrogens with one attached hydrogen (secondary N) is 1. The van der Waals surface area contributed by atoms with Gasteiger partial charge in [-0.25, -0.2) is 4.98 Å². The fourth-order valence-corrected chi connectivity index (χ4v) is 3.94. The lowest BCUT2D eigenvalue weighted by atomic mass is 10.1. The second kappa shape index (κ2) is 6.46. The van der Waals surface area contributed by atoms with Crippen LogP contribution in [0.2, 0.25) is 5.02 Å². The van der Waals surface area contributed by atoms with Crippen LogP contribution in [-0.4, -0.2) is 23.3 Å². The molecule has 0 aliphatic carbocycles. The second-order valence-corrected chi connectivity index (χ2v) is 7.19. The van der Waals surface area contributed by atoms with Crippen molar-refractivity contribution in [1.82, 2.24) is 4.98 Å². The molecule has 1 saturated heterocycles. The van der Waals surface area contributed by atoms with Crippen molar-refractivity contribution in [2.75, 3.05) is 16.8 Å². The van der Waals surface area contributed by atoms with E-state index in [1.807, 2.05) is 24.3 Å². The zero-order chi connectivity index (χ0) is 17.4. The molecule has 4 rings (SSSR count). The summed E-state index contributed by atoms with van der Waals surface area (Å²) in [6.07, 6.45) is 1.32. The number of anilines is 2. The maximum atomic E-state index is 12.6. The van der Waals surface area contributed by atoms with Gasteiger partial charge in [0.1, 0.15) is 0 Å². The molecule has 2 heterocycles. The molecule has 7 heteroatoms. The molecule has 2 aromatic carbocycles. The summed E-state index contributed by atoms with van der Waals surface area (Å²) in [6, 6.07) is 12.7. The van der Waals surface area contributed by atoms with Crippen LogP contribution >= 0.6 is 22.9 Å². The van der Waals surface area contributed by atoms with Gasteiger partial charge in [-0.1, -0.05) is 35.1 Å². The molecule has 25 heavy (non-hydrogen) atoms. The molecule has 1 N–H and O–H groups in total. The van der Waals surface area contributed by atoms with E-state index in [4.69, 9.17) is 11.6 Å². The highest BCUT2D eigenvalue weighted by molar-refractivity contribution is 7.22. The van der Waals surface area contributed by atoms with Gasteiger partial charge in [-0.05, 0) is 36.8 Å². The van der Waals surface area contributed by atoms with Gasteiger partial charge >= 0.3 is 0 Å². The van der Waals surface area contributed by atoms with Gasteiger partial charge in [0, 0.05) is 18.5 Å². The highest BCUT2D eigenvalue weighted by Crippen LogP contribution is 2.31. The van der Waals surface area contributed by atoms with E-state index in [9.17, 15) is 9.59 Å². The number of benzene rings is 2. The fourth-order valence-electron chi connectivity index (χ4n) is 2.86. The Morgan fingerprint density at radius 3 is 2.84 bits per heavy atom. The number of thiazole rings is 1. The van der Waals surface area contributed by atoms with Crippen LogP contribution in [0.5, 0.6) is 0 Å². The first kappa shape index (κ1) is 16.1. The largest absolute Gasteiger partial charge is 0.311 e. The Balaban J connectivity index is 1.60. The van der Waals surface area contributed by atoms with Crippen molar-refractivity contribution in [2.24, 2.45) is 0 Å². The molecule has 0 unspecified atom stereocenters. The number of carbonyl (C=O) groups excluding carboxylic acids is 2. The first-order valence-electron chi connectivity index (χ1n) is 7.89. The van der Waals surface area contributed by atoms with Crippen molar-refractivity contribution >= 4 is 55.8 Å². The van der Waals surface area contributed by atoms with Crippen molar-refractivity contribution < 1.29 is 9.59 Å². The monoisotopic (exact) mass is 371 g/mol. The molecule has 5 nitrogen and oxygen atoms in total. The lowest BCUT2D eigenvalue weighted by molar-refractivity contribution is -0.117. The number of amides is 2. The molecule has 1 aliphatic rings. The third-order valence-electron chi connectivity index (χ3n) is 4.09. The van der Waals surface area contributed by atoms with Crippen LogP contribution in [0.3, 0.4) is 0 Å². The Bertz CT molecular complexity index is 952. The van der Waals surface area contributed by atoms with Gasteiger partial charge in [0.15, 0.2) is 5.13 Å². The maximum absolute atomic E-state index is 12.6. The highest BCUT2D eigenvalue weighted by Gasteiger charge is 2.24. The van der Waals surface area contributed by atoms with E-state index in [0.717, 1.165) is 16.6 Å². The molecule has 2 amide bonds. The van der Waals surface area contributed by atoms with Crippen molar-refractivity contribution in [3.8, 4) is 0 Å². The number of carbonyl (C=O) groups is 2. The highest BCUT2D eigenvalue weighted by atomic mass is 35.5. The molecule has 3 aromatic rings. The Morgan fingerprint density at radius 2 is 2.08 bits per heavy atom. The number of fused-ring (bicyclic) bond motifs is 1. The molecule has 1 fully saturated rings. The molecule has 1 aromatic heterocycles. The summed E-state index contributed by atoms with van der Waals surface area (Å²) < 4.78 is 1.01. The molecule has 0 radical (unpaired) electrons. The van der Waals surface area contributed by atoms with Gasteiger partial charge < -0.3 is 4.90 Å². The van der Waals surface area contributed by atoms with E-state index >= 15 is 0 Å². The van der Waals surface area contributed by atoms with E-state index in [1.165, 1.54) is 11.3 Å². The average molecular weight is 372 g/mol. The lowest BCUT2D eigenvalue weighted by Crippen LogP contribution is -2.24. The van der Waals surface area contributed by atoms with Gasteiger partial charge in [-0.15, -0.1) is 0 Å². The van der Waals surface area contributed by atoms with Gasteiger partial charge in [0.2, 0.25) is 5.91 Å². The first-order chi connectivity index (χ1) is 12.1. The zero-order valence-corrected chi connectivity index (χ0v) is 14.7. The quantitative estimate of drug-likeness (QED) is 0.745. The van der Waals surface area contributed by atoms with Crippen LogP contribution in [0.1, 0.15) is 23.2 Å². The smallest absolute Gasteiger partial charge is 0.257 e. The number of halogens is 1. The SMILES string of the molecule is O=C(Nc1nc2ccccc2s1)c1ccc(Cl)c(N2CCCC2=O)c1. The van der Waals surface area contributed by atoms with Gasteiger partial charge in [-0.3, -0.25) is 14.9 Å². The Morgan fingerprint density at radius 1 is 1.24 bits per heavy atom. The van der Waals surface area contributed by atoms with E-state index < -0.39 is 0 Å². The molecule has 0 saturated carbocycles. The standard InChI is InChI=1S/C18H14ClN3O2S/c19-12-8-7-11(10-14(12)22-9-3-6-16(22)23)17(24)21-18-20-13-4-1-2-5-15(13)25-18/h1-2,4-5,7-8,10H,3,6,9H2,(H,20,21,24). The average Bonchev–Trinajstić information content (AvgIpc) is 3.20. The molecule has 0 spiro atoms. The minimum absolute atomic E-state index is 0.0330. The van der Waals surface area contributed by atoms with Crippen molar-refractivity contribution in [1.29, 1.82) is 0 Å². The van der Waals surface area contributed by atoms with Crippen molar-refractivity contribution in [3.05, 3.63) is 53.1 Å². The topological polar surface area (TPSA) is 62.3 Å². The van der Waals surface area contributed by atoms with Crippen LogP contribution < -0.4 is 10.2 Å². The van der Waals surface area contributed by atoms with Crippen LogP contribution in [0.15, 0.2) is 42.5 Å². The van der Waals surface area contributed by atoms with E-state index in [2.05, 4.69) is 10.3 Å². The van der Waals surface area contributed by atoms with E-state index in [1.54, 1.807) is 23.1 Å². The predicted molar refractivity (Wildman–Crippen MR) is 101 cm³/mol. The second-order valence-electron chi connectivity index (χ2n) is 5.76. The Kier molecular flexibility index (Phi) is 4.15. The van der Waals surface area contributed by atoms with Gasteiger partial charge in [0.05, 0.1) is 20.9 Å². The molecule has 0 atom stereocenters. The van der Waals surface area contributed by atoms with Crippen molar-refractivity contribution in [3.63, 3.8) is 0 Å². The summed E-state index contributed by atoms with van der Waals surface area (Å²) in [6.45, 7) is 0.626.